The van der Waals surface area contributed by atoms with E-state index >= 15 is 0 Å². The van der Waals surface area contributed by atoms with Crippen molar-refractivity contribution >= 4 is 20.9 Å². The summed E-state index contributed by atoms with van der Waals surface area (Å²) in [5.74, 6) is -0.193. The van der Waals surface area contributed by atoms with E-state index in [4.69, 9.17) is 4.74 Å². The molecule has 2 rings (SSSR count). The first-order valence-electron chi connectivity index (χ1n) is 8.36. The van der Waals surface area contributed by atoms with Crippen molar-refractivity contribution in [3.8, 4) is 0 Å². The van der Waals surface area contributed by atoms with E-state index in [2.05, 4.69) is 14.3 Å². The van der Waals surface area contributed by atoms with Crippen LogP contribution in [0.2, 0.25) is 0 Å². The van der Waals surface area contributed by atoms with Gasteiger partial charge in [-0.05, 0) is 19.3 Å². The molecular formula is C17H27N4O3P. The molecular weight excluding hydrogens is 339 g/mol. The molecule has 0 saturated carbocycles. The zero-order valence-electron chi connectivity index (χ0n) is 15.4. The third-order valence-corrected chi connectivity index (χ3v) is 4.66. The van der Waals surface area contributed by atoms with Gasteiger partial charge in [-0.3, -0.25) is 14.3 Å². The molecule has 138 valence electrons. The smallest absolute Gasteiger partial charge is 0.275 e. The maximum Gasteiger partial charge on any atom is 0.275 e. The van der Waals surface area contributed by atoms with E-state index in [-0.39, 0.29) is 11.7 Å². The summed E-state index contributed by atoms with van der Waals surface area (Å²) in [7, 11) is 9.69. The fourth-order valence-electron chi connectivity index (χ4n) is 3.04. The molecule has 0 bridgehead atoms. The van der Waals surface area contributed by atoms with Gasteiger partial charge in [-0.1, -0.05) is 0 Å². The summed E-state index contributed by atoms with van der Waals surface area (Å²) in [6, 6.07) is 0. The first kappa shape index (κ1) is 19.6. The minimum Gasteiger partial charge on any atom is -0.383 e. The Bertz CT molecular complexity index is 682. The fraction of sp³-hybridized carbons (Fsp3) is 0.588. The maximum atomic E-state index is 12.9. The molecule has 1 aromatic heterocycles. The molecule has 25 heavy (non-hydrogen) atoms. The van der Waals surface area contributed by atoms with Gasteiger partial charge in [0.15, 0.2) is 5.69 Å². The van der Waals surface area contributed by atoms with Crippen molar-refractivity contribution in [3.05, 3.63) is 28.7 Å². The largest absolute Gasteiger partial charge is 0.383 e. The zero-order chi connectivity index (χ0) is 18.6. The molecule has 1 aliphatic carbocycles. The molecule has 0 aromatic carbocycles. The molecule has 7 nitrogen and oxygen atoms in total. The predicted molar refractivity (Wildman–Crippen MR) is 99.7 cm³/mol. The fourth-order valence-corrected chi connectivity index (χ4v) is 3.39. The SMILES string of the molecule is COCCN(CP)C(=O)c1nn(C)c2c1CCCC(=CN(C)C)C2=O. The van der Waals surface area contributed by atoms with Gasteiger partial charge in [0.05, 0.1) is 6.61 Å². The van der Waals surface area contributed by atoms with Gasteiger partial charge >= 0.3 is 0 Å². The second-order valence-corrected chi connectivity index (χ2v) is 6.71. The van der Waals surface area contributed by atoms with Crippen LogP contribution in [0.3, 0.4) is 0 Å². The van der Waals surface area contributed by atoms with Crippen molar-refractivity contribution in [1.29, 1.82) is 0 Å². The van der Waals surface area contributed by atoms with E-state index in [9.17, 15) is 9.59 Å². The molecule has 0 radical (unpaired) electrons. The number of carbonyl (C=O) groups excluding carboxylic acids is 2. The van der Waals surface area contributed by atoms with Crippen LogP contribution in [0.5, 0.6) is 0 Å². The lowest BCUT2D eigenvalue weighted by Crippen LogP contribution is -2.33. The second kappa shape index (κ2) is 8.59. The van der Waals surface area contributed by atoms with Gasteiger partial charge in [-0.25, -0.2) is 0 Å². The molecule has 0 N–H and O–H groups in total. The van der Waals surface area contributed by atoms with Crippen molar-refractivity contribution in [2.75, 3.05) is 40.6 Å². The Morgan fingerprint density at radius 3 is 2.72 bits per heavy atom. The quantitative estimate of drug-likeness (QED) is 0.431. The molecule has 1 aliphatic rings. The van der Waals surface area contributed by atoms with E-state index in [0.717, 1.165) is 17.6 Å². The van der Waals surface area contributed by atoms with E-state index in [1.807, 2.05) is 25.2 Å². The van der Waals surface area contributed by atoms with Crippen LogP contribution in [0.1, 0.15) is 39.4 Å². The molecule has 1 aromatic rings. The number of ether oxygens (including phenoxy) is 1. The Kier molecular flexibility index (Phi) is 6.73. The normalized spacial score (nSPS) is 15.9. The summed E-state index contributed by atoms with van der Waals surface area (Å²) >= 11 is 0. The van der Waals surface area contributed by atoms with Gasteiger partial charge < -0.3 is 14.5 Å². The molecule has 0 fully saturated rings. The number of nitrogens with zero attached hydrogens (tertiary/aromatic N) is 4. The van der Waals surface area contributed by atoms with Crippen LogP contribution < -0.4 is 0 Å². The van der Waals surface area contributed by atoms with Gasteiger partial charge in [0.1, 0.15) is 5.69 Å². The van der Waals surface area contributed by atoms with E-state index < -0.39 is 0 Å². The van der Waals surface area contributed by atoms with Gasteiger partial charge in [-0.15, -0.1) is 9.24 Å². The summed E-state index contributed by atoms with van der Waals surface area (Å²) in [5.41, 5.74) is 2.44. The van der Waals surface area contributed by atoms with E-state index in [0.29, 0.717) is 43.7 Å². The molecule has 0 saturated heterocycles. The molecule has 0 spiro atoms. The Labute approximate surface area is 151 Å². The first-order chi connectivity index (χ1) is 11.9. The number of aryl methyl sites for hydroxylation is 1. The van der Waals surface area contributed by atoms with Gasteiger partial charge in [-0.2, -0.15) is 5.10 Å². The van der Waals surface area contributed by atoms with Crippen LogP contribution in [-0.2, 0) is 18.2 Å². The lowest BCUT2D eigenvalue weighted by atomic mass is 10.1. The minimum absolute atomic E-state index is 0.0374. The molecule has 1 heterocycles. The second-order valence-electron chi connectivity index (χ2n) is 6.34. The Balaban J connectivity index is 2.41. The number of Topliss-reactive ketones (excluding diaryl/α,β-unsaturated/α-hetero) is 1. The highest BCUT2D eigenvalue weighted by atomic mass is 31.0. The van der Waals surface area contributed by atoms with E-state index in [1.54, 1.807) is 23.7 Å². The number of methoxy groups -OCH3 is 1. The number of allylic oxidation sites excluding steroid dienone is 1. The average Bonchev–Trinajstić information content (AvgIpc) is 2.80. The molecule has 0 aliphatic heterocycles. The van der Waals surface area contributed by atoms with Crippen molar-refractivity contribution in [3.63, 3.8) is 0 Å². The highest BCUT2D eigenvalue weighted by molar-refractivity contribution is 7.16. The van der Waals surface area contributed by atoms with Crippen molar-refractivity contribution in [1.82, 2.24) is 19.6 Å². The highest BCUT2D eigenvalue weighted by Gasteiger charge is 2.31. The van der Waals surface area contributed by atoms with Crippen LogP contribution in [0.15, 0.2) is 11.8 Å². The average molecular weight is 366 g/mol. The molecule has 1 unspecified atom stereocenters. The third kappa shape index (κ3) is 4.28. The summed E-state index contributed by atoms with van der Waals surface area (Å²) in [5, 5.41) is 4.39. The van der Waals surface area contributed by atoms with Crippen LogP contribution in [0, 0.1) is 0 Å². The van der Waals surface area contributed by atoms with Crippen LogP contribution in [0.25, 0.3) is 0 Å². The number of fused-ring (bicyclic) bond motifs is 1. The Morgan fingerprint density at radius 2 is 2.12 bits per heavy atom. The van der Waals surface area contributed by atoms with Crippen molar-refractivity contribution in [2.45, 2.75) is 19.3 Å². The van der Waals surface area contributed by atoms with Gasteiger partial charge in [0.2, 0.25) is 5.78 Å². The maximum absolute atomic E-state index is 12.9. The number of hydrogen-bond donors (Lipinski definition) is 0. The monoisotopic (exact) mass is 366 g/mol. The minimum atomic E-state index is -0.156. The highest BCUT2D eigenvalue weighted by Crippen LogP contribution is 2.27. The summed E-state index contributed by atoms with van der Waals surface area (Å²) in [4.78, 5) is 29.4. The predicted octanol–water partition coefficient (Wildman–Crippen LogP) is 1.31. The lowest BCUT2D eigenvalue weighted by molar-refractivity contribution is 0.0725. The van der Waals surface area contributed by atoms with Gasteiger partial charge in [0, 0.05) is 58.4 Å². The standard InChI is InChI=1S/C17H27N4O3P/c1-19(2)10-12-6-5-7-13-14(18-20(3)15(13)16(12)22)17(23)21(11-25)8-9-24-4/h10H,5-9,11,25H2,1-4H3. The lowest BCUT2D eigenvalue weighted by Gasteiger charge is -2.19. The topological polar surface area (TPSA) is 67.7 Å². The molecule has 8 heteroatoms. The number of ketones is 1. The number of carbonyl (C=O) groups is 2. The van der Waals surface area contributed by atoms with Crippen molar-refractivity contribution in [2.24, 2.45) is 7.05 Å². The number of hydrogen-bond acceptors (Lipinski definition) is 5. The molecule has 1 atom stereocenters. The number of rotatable bonds is 6. The first-order valence-corrected chi connectivity index (χ1v) is 9.18. The Morgan fingerprint density at radius 1 is 1.40 bits per heavy atom. The van der Waals surface area contributed by atoms with Crippen LogP contribution >= 0.6 is 9.24 Å². The number of aromatic nitrogens is 2. The van der Waals surface area contributed by atoms with Gasteiger partial charge in [0.25, 0.3) is 5.91 Å². The third-order valence-electron chi connectivity index (χ3n) is 4.21. The zero-order valence-corrected chi connectivity index (χ0v) is 16.6. The Hall–Kier alpha value is -1.72. The summed E-state index contributed by atoms with van der Waals surface area (Å²) in [6.45, 7) is 0.952. The van der Waals surface area contributed by atoms with Crippen LogP contribution in [0.4, 0.5) is 0 Å². The molecule has 1 amide bonds. The summed E-state index contributed by atoms with van der Waals surface area (Å²) in [6.07, 6.45) is 4.56. The van der Waals surface area contributed by atoms with Crippen LogP contribution in [-0.4, -0.2) is 71.9 Å². The number of amides is 1. The van der Waals surface area contributed by atoms with E-state index in [1.165, 1.54) is 0 Å². The van der Waals surface area contributed by atoms with Crippen molar-refractivity contribution < 1.29 is 14.3 Å². The summed E-state index contributed by atoms with van der Waals surface area (Å²) < 4.78 is 6.62.